The summed E-state index contributed by atoms with van der Waals surface area (Å²) in [6.45, 7) is 2.39. The van der Waals surface area contributed by atoms with Crippen molar-refractivity contribution in [2.75, 3.05) is 12.4 Å². The zero-order valence-corrected chi connectivity index (χ0v) is 21.1. The Balaban J connectivity index is 1.46. The van der Waals surface area contributed by atoms with Gasteiger partial charge in [-0.3, -0.25) is 4.79 Å². The topological polar surface area (TPSA) is 59.6 Å². The lowest BCUT2D eigenvalue weighted by Gasteiger charge is -2.13. The lowest BCUT2D eigenvalue weighted by molar-refractivity contribution is -0.116. The molecular formula is C26H24BrFN2O3S. The molecule has 0 aliphatic carbocycles. The third-order valence-electron chi connectivity index (χ3n) is 5.27. The maximum atomic E-state index is 13.1. The Hall–Kier alpha value is -2.97. The minimum absolute atomic E-state index is 0.143. The molecule has 3 aromatic rings. The molecule has 1 saturated heterocycles. The molecule has 8 heteroatoms. The minimum atomic E-state index is -0.290. The van der Waals surface area contributed by atoms with Crippen molar-refractivity contribution in [1.82, 2.24) is 5.32 Å². The number of hydrogen-bond acceptors (Lipinski definition) is 5. The average Bonchev–Trinajstić information content (AvgIpc) is 3.18. The van der Waals surface area contributed by atoms with Crippen LogP contribution in [-0.2, 0) is 17.8 Å². The fourth-order valence-electron chi connectivity index (χ4n) is 3.37. The Morgan fingerprint density at radius 1 is 1.09 bits per heavy atom. The SMILES string of the molecule is CCc1ccc(N[C@@H]2NC(=O)/C(=C/c3cc(OC)c(OCc4ccc(F)cc4)cc3Br)S2)cc1. The Kier molecular flexibility index (Phi) is 7.80. The summed E-state index contributed by atoms with van der Waals surface area (Å²) in [5.41, 5.74) is 3.58. The zero-order chi connectivity index (χ0) is 24.1. The van der Waals surface area contributed by atoms with E-state index in [1.54, 1.807) is 25.3 Å². The summed E-state index contributed by atoms with van der Waals surface area (Å²) in [7, 11) is 1.56. The molecule has 4 rings (SSSR count). The number of thioether (sulfide) groups is 1. The molecule has 0 unspecified atom stereocenters. The van der Waals surface area contributed by atoms with Crippen LogP contribution in [0, 0.1) is 5.82 Å². The molecule has 1 aliphatic rings. The summed E-state index contributed by atoms with van der Waals surface area (Å²) in [6.07, 6.45) is 2.80. The fourth-order valence-corrected chi connectivity index (χ4v) is 4.78. The highest BCUT2D eigenvalue weighted by Gasteiger charge is 2.27. The zero-order valence-electron chi connectivity index (χ0n) is 18.7. The number of amides is 1. The summed E-state index contributed by atoms with van der Waals surface area (Å²) in [4.78, 5) is 13.1. The number of aryl methyl sites for hydroxylation is 1. The number of ether oxygens (including phenoxy) is 2. The van der Waals surface area contributed by atoms with Crippen molar-refractivity contribution >= 4 is 45.4 Å². The Morgan fingerprint density at radius 2 is 1.79 bits per heavy atom. The molecule has 5 nitrogen and oxygen atoms in total. The lowest BCUT2D eigenvalue weighted by atomic mass is 10.1. The van der Waals surface area contributed by atoms with Crippen LogP contribution in [0.4, 0.5) is 10.1 Å². The summed E-state index contributed by atoms with van der Waals surface area (Å²) >= 11 is 4.99. The van der Waals surface area contributed by atoms with E-state index in [4.69, 9.17) is 9.47 Å². The van der Waals surface area contributed by atoms with Gasteiger partial charge in [0, 0.05) is 10.2 Å². The van der Waals surface area contributed by atoms with Gasteiger partial charge in [0.15, 0.2) is 17.0 Å². The standard InChI is InChI=1S/C26H24BrFN2O3S/c1-3-16-6-10-20(11-7-16)29-26-30-25(31)24(34-26)13-18-12-22(32-2)23(14-21(18)27)33-15-17-4-8-19(28)9-5-17/h4-14,26,29H,3,15H2,1-2H3,(H,30,31)/b24-13-/t26-/m1/s1. The van der Waals surface area contributed by atoms with Gasteiger partial charge in [0.25, 0.3) is 5.91 Å². The number of hydrogen-bond donors (Lipinski definition) is 2. The van der Waals surface area contributed by atoms with E-state index in [0.717, 1.165) is 27.7 Å². The van der Waals surface area contributed by atoms with Gasteiger partial charge in [-0.15, -0.1) is 0 Å². The predicted octanol–water partition coefficient (Wildman–Crippen LogP) is 6.34. The smallest absolute Gasteiger partial charge is 0.260 e. The van der Waals surface area contributed by atoms with Crippen LogP contribution in [0.2, 0.25) is 0 Å². The number of anilines is 1. The molecule has 0 saturated carbocycles. The van der Waals surface area contributed by atoms with Gasteiger partial charge < -0.3 is 20.1 Å². The van der Waals surface area contributed by atoms with E-state index >= 15 is 0 Å². The summed E-state index contributed by atoms with van der Waals surface area (Å²) < 4.78 is 25.3. The number of carbonyl (C=O) groups is 1. The van der Waals surface area contributed by atoms with Gasteiger partial charge in [-0.2, -0.15) is 0 Å². The highest BCUT2D eigenvalue weighted by atomic mass is 79.9. The Morgan fingerprint density at radius 3 is 2.47 bits per heavy atom. The quantitative estimate of drug-likeness (QED) is 0.325. The van der Waals surface area contributed by atoms with Gasteiger partial charge in [-0.25, -0.2) is 4.39 Å². The van der Waals surface area contributed by atoms with Crippen LogP contribution in [-0.4, -0.2) is 18.5 Å². The second-order valence-electron chi connectivity index (χ2n) is 7.61. The van der Waals surface area contributed by atoms with Crippen molar-refractivity contribution in [3.05, 3.63) is 92.5 Å². The van der Waals surface area contributed by atoms with Gasteiger partial charge in [0.2, 0.25) is 0 Å². The normalized spacial score (nSPS) is 16.4. The molecule has 1 amide bonds. The van der Waals surface area contributed by atoms with E-state index in [2.05, 4.69) is 45.6 Å². The van der Waals surface area contributed by atoms with Gasteiger partial charge in [-0.05, 0) is 65.6 Å². The van der Waals surface area contributed by atoms with E-state index in [0.29, 0.717) is 16.4 Å². The molecule has 0 spiro atoms. The van der Waals surface area contributed by atoms with Crippen LogP contribution in [0.1, 0.15) is 23.6 Å². The number of rotatable bonds is 8. The van der Waals surface area contributed by atoms with Crippen LogP contribution in [0.15, 0.2) is 70.0 Å². The Labute approximate surface area is 210 Å². The van der Waals surface area contributed by atoms with E-state index in [1.807, 2.05) is 24.3 Å². The number of halogens is 2. The molecule has 1 atom stereocenters. The summed E-state index contributed by atoms with van der Waals surface area (Å²) in [6, 6.07) is 17.9. The van der Waals surface area contributed by atoms with Crippen molar-refractivity contribution in [2.45, 2.75) is 25.4 Å². The highest BCUT2D eigenvalue weighted by Crippen LogP contribution is 2.37. The minimum Gasteiger partial charge on any atom is -0.493 e. The van der Waals surface area contributed by atoms with Crippen molar-refractivity contribution in [3.8, 4) is 11.5 Å². The van der Waals surface area contributed by atoms with Gasteiger partial charge in [-0.1, -0.05) is 58.9 Å². The maximum Gasteiger partial charge on any atom is 0.260 e. The van der Waals surface area contributed by atoms with Crippen LogP contribution >= 0.6 is 27.7 Å². The average molecular weight is 543 g/mol. The van der Waals surface area contributed by atoms with Crippen LogP contribution in [0.5, 0.6) is 11.5 Å². The number of carbonyl (C=O) groups excluding carboxylic acids is 1. The van der Waals surface area contributed by atoms with Crippen molar-refractivity contribution in [2.24, 2.45) is 0 Å². The largest absolute Gasteiger partial charge is 0.493 e. The molecular weight excluding hydrogens is 519 g/mol. The second kappa shape index (κ2) is 11.0. The van der Waals surface area contributed by atoms with E-state index in [9.17, 15) is 9.18 Å². The fraction of sp³-hybridized carbons (Fsp3) is 0.192. The lowest BCUT2D eigenvalue weighted by Crippen LogP contribution is -2.30. The molecule has 3 aromatic carbocycles. The van der Waals surface area contributed by atoms with Crippen molar-refractivity contribution in [1.29, 1.82) is 0 Å². The van der Waals surface area contributed by atoms with Gasteiger partial charge in [0.05, 0.1) is 12.0 Å². The molecule has 34 heavy (non-hydrogen) atoms. The molecule has 176 valence electrons. The molecule has 1 heterocycles. The first-order chi connectivity index (χ1) is 16.4. The van der Waals surface area contributed by atoms with E-state index in [-0.39, 0.29) is 23.8 Å². The Bertz CT molecular complexity index is 1200. The molecule has 1 fully saturated rings. The monoisotopic (exact) mass is 542 g/mol. The number of methoxy groups -OCH3 is 1. The third kappa shape index (κ3) is 5.93. The third-order valence-corrected chi connectivity index (χ3v) is 6.98. The molecule has 2 N–H and O–H groups in total. The van der Waals surface area contributed by atoms with Gasteiger partial charge >= 0.3 is 0 Å². The van der Waals surface area contributed by atoms with Crippen LogP contribution < -0.4 is 20.1 Å². The molecule has 0 radical (unpaired) electrons. The van der Waals surface area contributed by atoms with Crippen LogP contribution in [0.3, 0.4) is 0 Å². The number of benzene rings is 3. The summed E-state index contributed by atoms with van der Waals surface area (Å²) in [5, 5.41) is 6.28. The predicted molar refractivity (Wildman–Crippen MR) is 138 cm³/mol. The molecule has 0 bridgehead atoms. The van der Waals surface area contributed by atoms with Crippen LogP contribution in [0.25, 0.3) is 6.08 Å². The van der Waals surface area contributed by atoms with E-state index < -0.39 is 0 Å². The van der Waals surface area contributed by atoms with E-state index in [1.165, 1.54) is 29.5 Å². The number of nitrogens with one attached hydrogen (secondary N) is 2. The maximum absolute atomic E-state index is 13.1. The molecule has 1 aliphatic heterocycles. The van der Waals surface area contributed by atoms with Gasteiger partial charge in [0.1, 0.15) is 12.4 Å². The second-order valence-corrected chi connectivity index (χ2v) is 9.62. The first-order valence-corrected chi connectivity index (χ1v) is 12.4. The highest BCUT2D eigenvalue weighted by molar-refractivity contribution is 9.10. The van der Waals surface area contributed by atoms with Crippen molar-refractivity contribution in [3.63, 3.8) is 0 Å². The first-order valence-electron chi connectivity index (χ1n) is 10.7. The summed E-state index contributed by atoms with van der Waals surface area (Å²) in [5.74, 6) is 0.642. The first kappa shape index (κ1) is 24.2. The van der Waals surface area contributed by atoms with Crippen molar-refractivity contribution < 1.29 is 18.7 Å². The molecule has 0 aromatic heterocycles.